The maximum Gasteiger partial charge on any atom is 0.393 e. The number of methoxy groups -OCH3 is 1. The molecule has 1 rings (SSSR count). The van der Waals surface area contributed by atoms with Crippen molar-refractivity contribution in [1.82, 2.24) is 4.90 Å². The number of hydrogen-bond donors (Lipinski definition) is 0. The van der Waals surface area contributed by atoms with E-state index in [2.05, 4.69) is 0 Å². The zero-order chi connectivity index (χ0) is 12.5. The second-order valence-corrected chi connectivity index (χ2v) is 4.15. The normalized spacial score (nSPS) is 28.2. The molecule has 1 fully saturated rings. The van der Waals surface area contributed by atoms with Gasteiger partial charge in [0.2, 0.25) is 5.91 Å². The van der Waals surface area contributed by atoms with E-state index in [1.807, 2.05) is 0 Å². The van der Waals surface area contributed by atoms with Gasteiger partial charge in [-0.25, -0.2) is 0 Å². The van der Waals surface area contributed by atoms with Crippen LogP contribution in [0.25, 0.3) is 0 Å². The Morgan fingerprint density at radius 2 is 2.06 bits per heavy atom. The van der Waals surface area contributed by atoms with E-state index in [1.165, 1.54) is 18.9 Å². The Morgan fingerprint density at radius 3 is 2.44 bits per heavy atom. The van der Waals surface area contributed by atoms with Crippen LogP contribution in [-0.2, 0) is 9.53 Å². The van der Waals surface area contributed by atoms with Gasteiger partial charge in [0.25, 0.3) is 0 Å². The Bertz CT molecular complexity index is 267. The summed E-state index contributed by atoms with van der Waals surface area (Å²) in [6, 6.07) is -0.478. The summed E-state index contributed by atoms with van der Waals surface area (Å²) in [5, 5.41) is 0. The second-order valence-electron chi connectivity index (χ2n) is 4.15. The van der Waals surface area contributed by atoms with Gasteiger partial charge < -0.3 is 9.64 Å². The van der Waals surface area contributed by atoms with Gasteiger partial charge in [0, 0.05) is 20.6 Å². The van der Waals surface area contributed by atoms with Crippen molar-refractivity contribution in [1.29, 1.82) is 0 Å². The maximum absolute atomic E-state index is 12.6. The van der Waals surface area contributed by atoms with Crippen LogP contribution in [0.1, 0.15) is 20.3 Å². The van der Waals surface area contributed by atoms with Crippen molar-refractivity contribution in [2.24, 2.45) is 5.92 Å². The monoisotopic (exact) mass is 239 g/mol. The minimum absolute atomic E-state index is 0.0713. The van der Waals surface area contributed by atoms with Gasteiger partial charge in [0.15, 0.2) is 0 Å². The average Bonchev–Trinajstić information content (AvgIpc) is 2.60. The fraction of sp³-hybridized carbons (Fsp3) is 0.900. The number of carbonyl (C=O) groups excluding carboxylic acids is 1. The standard InChI is InChI=1S/C10H16F3NO2/c1-6(16-3)9-4-8(10(11,12)13)5-14(9)7(2)15/h6,8-9H,4-5H2,1-3H3/t6-,8-,9+/m1/s1. The van der Waals surface area contributed by atoms with Crippen LogP contribution in [-0.4, -0.2) is 42.8 Å². The molecule has 94 valence electrons. The first kappa shape index (κ1) is 13.3. The summed E-state index contributed by atoms with van der Waals surface area (Å²) in [7, 11) is 1.43. The number of carbonyl (C=O) groups is 1. The SMILES string of the molecule is CO[C@H](C)[C@@H]1C[C@@H](C(F)(F)F)CN1C(C)=O. The zero-order valence-corrected chi connectivity index (χ0v) is 9.54. The van der Waals surface area contributed by atoms with Crippen LogP contribution in [0.15, 0.2) is 0 Å². The van der Waals surface area contributed by atoms with E-state index in [4.69, 9.17) is 4.74 Å². The summed E-state index contributed by atoms with van der Waals surface area (Å²) in [5.74, 6) is -1.76. The molecule has 0 spiro atoms. The predicted molar refractivity (Wildman–Crippen MR) is 51.8 cm³/mol. The number of rotatable bonds is 2. The van der Waals surface area contributed by atoms with Crippen molar-refractivity contribution in [3.63, 3.8) is 0 Å². The molecule has 0 bridgehead atoms. The molecule has 1 aliphatic rings. The van der Waals surface area contributed by atoms with Crippen LogP contribution in [0.3, 0.4) is 0 Å². The largest absolute Gasteiger partial charge is 0.393 e. The van der Waals surface area contributed by atoms with Gasteiger partial charge in [0.05, 0.1) is 18.1 Å². The molecule has 3 atom stereocenters. The van der Waals surface area contributed by atoms with Crippen LogP contribution in [0.4, 0.5) is 13.2 Å². The fourth-order valence-corrected chi connectivity index (χ4v) is 2.07. The van der Waals surface area contributed by atoms with Crippen molar-refractivity contribution >= 4 is 5.91 Å². The first-order valence-corrected chi connectivity index (χ1v) is 5.14. The Balaban J connectivity index is 2.80. The summed E-state index contributed by atoms with van der Waals surface area (Å²) < 4.78 is 42.7. The number of halogens is 3. The highest BCUT2D eigenvalue weighted by atomic mass is 19.4. The number of amides is 1. The summed E-state index contributed by atoms with van der Waals surface area (Å²) >= 11 is 0. The Labute approximate surface area is 92.5 Å². The molecule has 1 aliphatic heterocycles. The molecule has 0 saturated carbocycles. The molecule has 0 aromatic carbocycles. The summed E-state index contributed by atoms with van der Waals surface area (Å²) in [6.45, 7) is 2.71. The third-order valence-electron chi connectivity index (χ3n) is 3.12. The van der Waals surface area contributed by atoms with Gasteiger partial charge in [-0.05, 0) is 13.3 Å². The molecule has 0 aromatic rings. The molecule has 16 heavy (non-hydrogen) atoms. The van der Waals surface area contributed by atoms with Crippen molar-refractivity contribution < 1.29 is 22.7 Å². The lowest BCUT2D eigenvalue weighted by atomic mass is 10.0. The van der Waals surface area contributed by atoms with Gasteiger partial charge >= 0.3 is 6.18 Å². The molecule has 3 nitrogen and oxygen atoms in total. The van der Waals surface area contributed by atoms with E-state index in [9.17, 15) is 18.0 Å². The number of ether oxygens (including phenoxy) is 1. The lowest BCUT2D eigenvalue weighted by Crippen LogP contribution is -2.41. The van der Waals surface area contributed by atoms with Crippen LogP contribution >= 0.6 is 0 Å². The molecular weight excluding hydrogens is 223 g/mol. The van der Waals surface area contributed by atoms with E-state index in [0.717, 1.165) is 0 Å². The highest BCUT2D eigenvalue weighted by Gasteiger charge is 2.49. The maximum atomic E-state index is 12.6. The van der Waals surface area contributed by atoms with Gasteiger partial charge in [-0.2, -0.15) is 13.2 Å². The third-order valence-corrected chi connectivity index (χ3v) is 3.12. The van der Waals surface area contributed by atoms with Crippen LogP contribution in [0.2, 0.25) is 0 Å². The molecule has 0 N–H and O–H groups in total. The minimum Gasteiger partial charge on any atom is -0.380 e. The summed E-state index contributed by atoms with van der Waals surface area (Å²) in [4.78, 5) is 12.5. The highest BCUT2D eigenvalue weighted by molar-refractivity contribution is 5.74. The van der Waals surface area contributed by atoms with E-state index in [-0.39, 0.29) is 25.0 Å². The molecular formula is C10H16F3NO2. The Hall–Kier alpha value is -0.780. The van der Waals surface area contributed by atoms with Crippen LogP contribution in [0.5, 0.6) is 0 Å². The number of hydrogen-bond acceptors (Lipinski definition) is 2. The number of alkyl halides is 3. The third kappa shape index (κ3) is 2.66. The van der Waals surface area contributed by atoms with Crippen molar-refractivity contribution in [2.45, 2.75) is 38.6 Å². The van der Waals surface area contributed by atoms with Crippen LogP contribution in [0, 0.1) is 5.92 Å². The van der Waals surface area contributed by atoms with Gasteiger partial charge in [-0.15, -0.1) is 0 Å². The minimum atomic E-state index is -4.24. The fourth-order valence-electron chi connectivity index (χ4n) is 2.07. The molecule has 1 amide bonds. The second kappa shape index (κ2) is 4.61. The average molecular weight is 239 g/mol. The molecule has 0 aromatic heterocycles. The zero-order valence-electron chi connectivity index (χ0n) is 9.54. The predicted octanol–water partition coefficient (Wildman–Crippen LogP) is 1.82. The molecule has 0 radical (unpaired) electrons. The van der Waals surface area contributed by atoms with Crippen molar-refractivity contribution in [3.05, 3.63) is 0 Å². The first-order chi connectivity index (χ1) is 7.27. The summed E-state index contributed by atoms with van der Waals surface area (Å²) in [5.41, 5.74) is 0. The van der Waals surface area contributed by atoms with E-state index < -0.39 is 18.1 Å². The first-order valence-electron chi connectivity index (χ1n) is 5.14. The number of likely N-dealkylation sites (tertiary alicyclic amines) is 1. The van der Waals surface area contributed by atoms with Gasteiger partial charge in [-0.3, -0.25) is 4.79 Å². The quantitative estimate of drug-likeness (QED) is 0.735. The topological polar surface area (TPSA) is 29.5 Å². The van der Waals surface area contributed by atoms with Gasteiger partial charge in [-0.1, -0.05) is 0 Å². The Morgan fingerprint density at radius 1 is 1.50 bits per heavy atom. The lowest BCUT2D eigenvalue weighted by molar-refractivity contribution is -0.171. The number of nitrogens with zero attached hydrogens (tertiary/aromatic N) is 1. The summed E-state index contributed by atoms with van der Waals surface area (Å²) in [6.07, 6.45) is -4.69. The molecule has 1 heterocycles. The molecule has 1 saturated heterocycles. The lowest BCUT2D eigenvalue weighted by Gasteiger charge is -2.27. The van der Waals surface area contributed by atoms with E-state index >= 15 is 0 Å². The van der Waals surface area contributed by atoms with Gasteiger partial charge in [0.1, 0.15) is 0 Å². The molecule has 6 heteroatoms. The van der Waals surface area contributed by atoms with E-state index in [0.29, 0.717) is 0 Å². The van der Waals surface area contributed by atoms with Crippen LogP contribution < -0.4 is 0 Å². The van der Waals surface area contributed by atoms with E-state index in [1.54, 1.807) is 6.92 Å². The molecule has 0 aliphatic carbocycles. The van der Waals surface area contributed by atoms with Crippen molar-refractivity contribution in [2.75, 3.05) is 13.7 Å². The highest BCUT2D eigenvalue weighted by Crippen LogP contribution is 2.37. The van der Waals surface area contributed by atoms with Crippen molar-refractivity contribution in [3.8, 4) is 0 Å². The smallest absolute Gasteiger partial charge is 0.380 e. The Kier molecular flexibility index (Phi) is 3.83. The molecule has 0 unspecified atom stereocenters.